The minimum atomic E-state index is -5.03. The molecule has 7 rings (SSSR count). The summed E-state index contributed by atoms with van der Waals surface area (Å²) in [6, 6.07) is 31.5. The topological polar surface area (TPSA) is 132 Å². The predicted octanol–water partition coefficient (Wildman–Crippen LogP) is 6.57. The van der Waals surface area contributed by atoms with Crippen molar-refractivity contribution in [1.82, 2.24) is 30.4 Å². The molecule has 55 heavy (non-hydrogen) atoms. The monoisotopic (exact) mass is 772 g/mol. The number of nitrogens with one attached hydrogen (secondary N) is 1. The van der Waals surface area contributed by atoms with Crippen LogP contribution in [0.15, 0.2) is 108 Å². The van der Waals surface area contributed by atoms with Crippen LogP contribution in [0.1, 0.15) is 54.4 Å². The van der Waals surface area contributed by atoms with Crippen LogP contribution in [0.5, 0.6) is 0 Å². The third-order valence-electron chi connectivity index (χ3n) is 9.89. The van der Waals surface area contributed by atoms with Crippen LogP contribution < -0.4 is 5.32 Å². The van der Waals surface area contributed by atoms with Gasteiger partial charge in [-0.05, 0) is 75.4 Å². The number of nitrogens with zero attached hydrogens (tertiary/aromatic N) is 5. The van der Waals surface area contributed by atoms with Crippen LogP contribution in [0.3, 0.4) is 0 Å². The van der Waals surface area contributed by atoms with Crippen molar-refractivity contribution in [2.45, 2.75) is 68.8 Å². The summed E-state index contributed by atoms with van der Waals surface area (Å²) >= 11 is 1.49. The number of carbonyl (C=O) groups is 2. The van der Waals surface area contributed by atoms with Crippen LogP contribution in [0, 0.1) is 5.92 Å². The number of para-hydroxylation sites is 1. The Hall–Kier alpha value is -5.09. The molecule has 2 amide bonds. The SMILES string of the molecule is CC1C(CSc2nnnn2-c2ccccc2)OC(c2cccc(-c3cccc(CNC(=O)C4CCCN4C(=O)C(F)(F)F)c3)c2)OC1c1ccc(CO)cc1. The maximum Gasteiger partial charge on any atom is 0.471 e. The molecule has 15 heteroatoms. The van der Waals surface area contributed by atoms with E-state index in [1.54, 1.807) is 4.68 Å². The van der Waals surface area contributed by atoms with Gasteiger partial charge in [0.05, 0.1) is 24.5 Å². The summed E-state index contributed by atoms with van der Waals surface area (Å²) in [4.78, 5) is 25.4. The maximum absolute atomic E-state index is 13.1. The fourth-order valence-electron chi connectivity index (χ4n) is 6.94. The first-order valence-corrected chi connectivity index (χ1v) is 18.9. The minimum Gasteiger partial charge on any atom is -0.392 e. The average Bonchev–Trinajstić information content (AvgIpc) is 3.90. The average molecular weight is 773 g/mol. The highest BCUT2D eigenvalue weighted by molar-refractivity contribution is 7.99. The Morgan fingerprint density at radius 3 is 2.40 bits per heavy atom. The van der Waals surface area contributed by atoms with E-state index in [0.717, 1.165) is 39.1 Å². The molecule has 11 nitrogen and oxygen atoms in total. The molecule has 0 saturated carbocycles. The first kappa shape index (κ1) is 38.2. The molecule has 4 aromatic carbocycles. The lowest BCUT2D eigenvalue weighted by atomic mass is 9.91. The number of rotatable bonds is 11. The van der Waals surface area contributed by atoms with Gasteiger partial charge in [-0.3, -0.25) is 9.59 Å². The van der Waals surface area contributed by atoms with Crippen molar-refractivity contribution in [2.24, 2.45) is 5.92 Å². The second-order valence-electron chi connectivity index (χ2n) is 13.5. The Bertz CT molecular complexity index is 2100. The number of likely N-dealkylation sites (tertiary alicyclic amines) is 1. The summed E-state index contributed by atoms with van der Waals surface area (Å²) in [5.41, 5.74) is 5.84. The number of aliphatic hydroxyl groups excluding tert-OH is 1. The van der Waals surface area contributed by atoms with Crippen LogP contribution in [0.4, 0.5) is 13.2 Å². The Labute approximate surface area is 319 Å². The fraction of sp³-hybridized carbons (Fsp3) is 0.325. The molecule has 2 fully saturated rings. The van der Waals surface area contributed by atoms with Crippen LogP contribution in [0.25, 0.3) is 16.8 Å². The summed E-state index contributed by atoms with van der Waals surface area (Å²) < 4.78 is 54.4. The number of hydrogen-bond acceptors (Lipinski definition) is 9. The van der Waals surface area contributed by atoms with Gasteiger partial charge in [-0.25, -0.2) is 0 Å². The molecule has 0 aliphatic carbocycles. The van der Waals surface area contributed by atoms with E-state index in [4.69, 9.17) is 9.47 Å². The third-order valence-corrected chi connectivity index (χ3v) is 10.9. The number of thioether (sulfide) groups is 1. The molecule has 2 aliphatic heterocycles. The number of halogens is 3. The molecule has 5 unspecified atom stereocenters. The molecule has 0 radical (unpaired) electrons. The number of hydrogen-bond donors (Lipinski definition) is 2. The van der Waals surface area contributed by atoms with Gasteiger partial charge in [0, 0.05) is 30.3 Å². The van der Waals surface area contributed by atoms with Gasteiger partial charge < -0.3 is 24.8 Å². The maximum atomic E-state index is 13.1. The van der Waals surface area contributed by atoms with Gasteiger partial charge in [0.15, 0.2) is 6.29 Å². The van der Waals surface area contributed by atoms with Gasteiger partial charge in [0.25, 0.3) is 0 Å². The summed E-state index contributed by atoms with van der Waals surface area (Å²) in [7, 11) is 0. The van der Waals surface area contributed by atoms with Gasteiger partial charge in [0.2, 0.25) is 11.1 Å². The van der Waals surface area contributed by atoms with Crippen molar-refractivity contribution >= 4 is 23.6 Å². The molecule has 2 N–H and O–H groups in total. The Morgan fingerprint density at radius 2 is 1.65 bits per heavy atom. The molecule has 0 spiro atoms. The van der Waals surface area contributed by atoms with E-state index in [1.807, 2.05) is 103 Å². The van der Waals surface area contributed by atoms with Crippen molar-refractivity contribution in [3.05, 3.63) is 125 Å². The van der Waals surface area contributed by atoms with Gasteiger partial charge >= 0.3 is 12.1 Å². The molecular weight excluding hydrogens is 734 g/mol. The van der Waals surface area contributed by atoms with Crippen LogP contribution >= 0.6 is 11.8 Å². The highest BCUT2D eigenvalue weighted by Gasteiger charge is 2.47. The lowest BCUT2D eigenvalue weighted by molar-refractivity contribution is -0.268. The lowest BCUT2D eigenvalue weighted by Crippen LogP contribution is -2.50. The summed E-state index contributed by atoms with van der Waals surface area (Å²) in [5.74, 6) is -2.14. The van der Waals surface area contributed by atoms with Crippen molar-refractivity contribution < 1.29 is 37.3 Å². The molecule has 2 aliphatic rings. The van der Waals surface area contributed by atoms with Crippen LogP contribution in [-0.4, -0.2) is 72.6 Å². The molecule has 5 atom stereocenters. The van der Waals surface area contributed by atoms with Gasteiger partial charge in [0.1, 0.15) is 6.04 Å². The highest BCUT2D eigenvalue weighted by Crippen LogP contribution is 2.43. The zero-order valence-electron chi connectivity index (χ0n) is 29.8. The highest BCUT2D eigenvalue weighted by atomic mass is 32.2. The van der Waals surface area contributed by atoms with E-state index in [1.165, 1.54) is 11.8 Å². The number of benzene rings is 4. The largest absolute Gasteiger partial charge is 0.471 e. The molecule has 5 aromatic rings. The Balaban J connectivity index is 1.08. The Kier molecular flexibility index (Phi) is 11.6. The van der Waals surface area contributed by atoms with E-state index in [-0.39, 0.29) is 44.2 Å². The number of alkyl halides is 3. The second-order valence-corrected chi connectivity index (χ2v) is 14.5. The van der Waals surface area contributed by atoms with Crippen LogP contribution in [0.2, 0.25) is 0 Å². The zero-order chi connectivity index (χ0) is 38.5. The smallest absolute Gasteiger partial charge is 0.392 e. The normalized spacial score (nSPS) is 21.4. The van der Waals surface area contributed by atoms with E-state index in [0.29, 0.717) is 22.2 Å². The summed E-state index contributed by atoms with van der Waals surface area (Å²) in [6.07, 6.45) is -5.88. The number of aliphatic hydroxyl groups is 1. The minimum absolute atomic E-state index is 0.0645. The molecule has 0 bridgehead atoms. The number of carbonyl (C=O) groups excluding carboxylic acids is 2. The van der Waals surface area contributed by atoms with Gasteiger partial charge in [-0.15, -0.1) is 5.10 Å². The first-order chi connectivity index (χ1) is 26.6. The van der Waals surface area contributed by atoms with E-state index in [9.17, 15) is 27.9 Å². The first-order valence-electron chi connectivity index (χ1n) is 17.9. The van der Waals surface area contributed by atoms with E-state index in [2.05, 4.69) is 27.8 Å². The van der Waals surface area contributed by atoms with Crippen LogP contribution in [-0.2, 0) is 32.2 Å². The van der Waals surface area contributed by atoms with Crippen molar-refractivity contribution in [3.8, 4) is 16.8 Å². The number of tetrazole rings is 1. The molecule has 286 valence electrons. The quantitative estimate of drug-likeness (QED) is 0.143. The lowest BCUT2D eigenvalue weighted by Gasteiger charge is -2.41. The Morgan fingerprint density at radius 1 is 0.909 bits per heavy atom. The fourth-order valence-corrected chi connectivity index (χ4v) is 8.00. The van der Waals surface area contributed by atoms with E-state index < -0.39 is 30.3 Å². The number of aromatic nitrogens is 4. The van der Waals surface area contributed by atoms with Gasteiger partial charge in [-0.2, -0.15) is 17.9 Å². The number of amides is 2. The number of ether oxygens (including phenoxy) is 2. The van der Waals surface area contributed by atoms with Crippen molar-refractivity contribution in [3.63, 3.8) is 0 Å². The predicted molar refractivity (Wildman–Crippen MR) is 197 cm³/mol. The third kappa shape index (κ3) is 8.75. The van der Waals surface area contributed by atoms with Crippen molar-refractivity contribution in [2.75, 3.05) is 12.3 Å². The zero-order valence-corrected chi connectivity index (χ0v) is 30.6. The summed E-state index contributed by atoms with van der Waals surface area (Å²) in [5, 5.41) is 25.3. The van der Waals surface area contributed by atoms with Crippen molar-refractivity contribution in [1.29, 1.82) is 0 Å². The molecule has 3 heterocycles. The molecular formula is C40H39F3N6O5S. The summed E-state index contributed by atoms with van der Waals surface area (Å²) in [6.45, 7) is 1.99. The molecule has 2 saturated heterocycles. The van der Waals surface area contributed by atoms with E-state index >= 15 is 0 Å². The second kappa shape index (κ2) is 16.7. The van der Waals surface area contributed by atoms with Gasteiger partial charge in [-0.1, -0.05) is 97.5 Å². The standard InChI is InChI=1S/C40H39F3N6O5S/c1-25-34(24-55-39-45-46-47-49(39)32-12-3-2-4-13-32)53-37(54-35(25)28-17-15-26(23-50)16-18-28)31-11-6-10-30(21-31)29-9-5-8-27(20-29)22-44-36(51)33-14-7-19-48(33)38(52)40(41,42)43/h2-6,8-13,15-18,20-21,25,33-35,37,50H,7,14,19,22-24H2,1H3,(H,44,51). The molecule has 1 aromatic heterocycles.